The predicted molar refractivity (Wildman–Crippen MR) is 229 cm³/mol. The Labute approximate surface area is 317 Å². The normalized spacial score (nSPS) is 11.6. The number of benzene rings is 9. The van der Waals surface area contributed by atoms with E-state index in [4.69, 9.17) is 8.83 Å². The molecule has 2 aromatic heterocycles. The molecule has 11 rings (SSSR count). The number of hydrogen-bond donors (Lipinski definition) is 0. The molecule has 0 fully saturated rings. The summed E-state index contributed by atoms with van der Waals surface area (Å²) in [6.07, 6.45) is 0. The summed E-state index contributed by atoms with van der Waals surface area (Å²) in [6, 6.07) is 70.8. The topological polar surface area (TPSA) is 29.5 Å². The third-order valence-corrected chi connectivity index (χ3v) is 10.9. The molecule has 55 heavy (non-hydrogen) atoms. The summed E-state index contributed by atoms with van der Waals surface area (Å²) in [4.78, 5) is 2.39. The van der Waals surface area contributed by atoms with Crippen molar-refractivity contribution in [3.8, 4) is 33.4 Å². The zero-order chi connectivity index (χ0) is 36.3. The van der Waals surface area contributed by atoms with Crippen molar-refractivity contribution in [1.82, 2.24) is 0 Å². The largest absolute Gasteiger partial charge is 0.455 e. The second-order valence-electron chi connectivity index (χ2n) is 14.0. The van der Waals surface area contributed by atoms with Crippen molar-refractivity contribution in [3.05, 3.63) is 200 Å². The molecule has 3 heteroatoms. The maximum Gasteiger partial charge on any atom is 0.144 e. The van der Waals surface area contributed by atoms with Gasteiger partial charge in [0.2, 0.25) is 0 Å². The van der Waals surface area contributed by atoms with E-state index in [1.807, 2.05) is 12.1 Å². The molecule has 3 nitrogen and oxygen atoms in total. The molecule has 0 unspecified atom stereocenters. The lowest BCUT2D eigenvalue weighted by Crippen LogP contribution is -2.11. The third kappa shape index (κ3) is 5.05. The summed E-state index contributed by atoms with van der Waals surface area (Å²) in [6.45, 7) is 0. The Bertz CT molecular complexity index is 3190. The van der Waals surface area contributed by atoms with Gasteiger partial charge < -0.3 is 13.7 Å². The Morgan fingerprint density at radius 2 is 0.927 bits per heavy atom. The van der Waals surface area contributed by atoms with Gasteiger partial charge in [-0.1, -0.05) is 158 Å². The highest BCUT2D eigenvalue weighted by molar-refractivity contribution is 6.24. The van der Waals surface area contributed by atoms with Gasteiger partial charge >= 0.3 is 0 Å². The number of rotatable bonds is 6. The number of fused-ring (bicyclic) bond motifs is 7. The molecule has 0 saturated heterocycles. The average Bonchev–Trinajstić information content (AvgIpc) is 3.83. The molecule has 0 aliphatic carbocycles. The Morgan fingerprint density at radius 1 is 0.345 bits per heavy atom. The first-order valence-electron chi connectivity index (χ1n) is 18.7. The number of hydrogen-bond acceptors (Lipinski definition) is 3. The van der Waals surface area contributed by atoms with Crippen molar-refractivity contribution < 1.29 is 8.83 Å². The monoisotopic (exact) mass is 703 g/mol. The third-order valence-electron chi connectivity index (χ3n) is 10.9. The molecule has 0 amide bonds. The first kappa shape index (κ1) is 31.2. The first-order valence-corrected chi connectivity index (χ1v) is 18.7. The predicted octanol–water partition coefficient (Wildman–Crippen LogP) is 15.1. The van der Waals surface area contributed by atoms with E-state index in [0.717, 1.165) is 94.0 Å². The molecular formula is C52H33NO2. The molecule has 2 heterocycles. The average molecular weight is 704 g/mol. The van der Waals surface area contributed by atoms with Crippen LogP contribution in [0.15, 0.2) is 209 Å². The molecule has 0 aliphatic rings. The van der Waals surface area contributed by atoms with Crippen molar-refractivity contribution in [2.24, 2.45) is 0 Å². The highest BCUT2D eigenvalue weighted by atomic mass is 16.3. The van der Waals surface area contributed by atoms with Gasteiger partial charge in [-0.15, -0.1) is 0 Å². The van der Waals surface area contributed by atoms with Gasteiger partial charge in [-0.05, 0) is 69.9 Å². The van der Waals surface area contributed by atoms with Crippen molar-refractivity contribution in [3.63, 3.8) is 0 Å². The highest BCUT2D eigenvalue weighted by Gasteiger charge is 2.25. The van der Waals surface area contributed by atoms with Crippen LogP contribution in [0.5, 0.6) is 0 Å². The Balaban J connectivity index is 1.21. The minimum atomic E-state index is 0.823. The molecule has 0 spiro atoms. The molecule has 0 atom stereocenters. The van der Waals surface area contributed by atoms with Crippen LogP contribution in [0.4, 0.5) is 17.1 Å². The first-order chi connectivity index (χ1) is 27.3. The summed E-state index contributed by atoms with van der Waals surface area (Å²) >= 11 is 0. The quantitative estimate of drug-likeness (QED) is 0.173. The van der Waals surface area contributed by atoms with Gasteiger partial charge in [-0.3, -0.25) is 0 Å². The molecule has 0 radical (unpaired) electrons. The van der Waals surface area contributed by atoms with Gasteiger partial charge in [-0.2, -0.15) is 0 Å². The van der Waals surface area contributed by atoms with Crippen molar-refractivity contribution in [1.29, 1.82) is 0 Å². The molecule has 0 bridgehead atoms. The van der Waals surface area contributed by atoms with Gasteiger partial charge in [0.15, 0.2) is 0 Å². The van der Waals surface area contributed by atoms with E-state index in [1.165, 1.54) is 11.1 Å². The van der Waals surface area contributed by atoms with Crippen LogP contribution in [-0.2, 0) is 0 Å². The SMILES string of the molecule is c1ccc(-c2ccc(N(c3ccccc3-c3ccccc3)c3cccc4oc5c(-c6cccc7c6oc6ccccc67)c6ccccc6cc5c34)cc2)cc1. The zero-order valence-corrected chi connectivity index (χ0v) is 29.8. The van der Waals surface area contributed by atoms with Crippen LogP contribution in [0.2, 0.25) is 0 Å². The Hall–Kier alpha value is -7.36. The minimum Gasteiger partial charge on any atom is -0.455 e. The molecule has 258 valence electrons. The summed E-state index contributed by atoms with van der Waals surface area (Å²) in [7, 11) is 0. The molecule has 0 saturated carbocycles. The van der Waals surface area contributed by atoms with Crippen LogP contribution in [0.1, 0.15) is 0 Å². The van der Waals surface area contributed by atoms with Gasteiger partial charge in [0.05, 0.1) is 16.8 Å². The van der Waals surface area contributed by atoms with Crippen LogP contribution in [-0.4, -0.2) is 0 Å². The van der Waals surface area contributed by atoms with E-state index in [9.17, 15) is 0 Å². The van der Waals surface area contributed by atoms with E-state index in [1.54, 1.807) is 0 Å². The van der Waals surface area contributed by atoms with E-state index >= 15 is 0 Å². The van der Waals surface area contributed by atoms with Gasteiger partial charge in [0, 0.05) is 38.5 Å². The van der Waals surface area contributed by atoms with E-state index in [2.05, 4.69) is 193 Å². The van der Waals surface area contributed by atoms with Gasteiger partial charge in [0.25, 0.3) is 0 Å². The van der Waals surface area contributed by atoms with Crippen LogP contribution in [0.3, 0.4) is 0 Å². The van der Waals surface area contributed by atoms with Gasteiger partial charge in [-0.25, -0.2) is 0 Å². The molecular weight excluding hydrogens is 671 g/mol. The minimum absolute atomic E-state index is 0.823. The van der Waals surface area contributed by atoms with Crippen LogP contribution >= 0.6 is 0 Å². The lowest BCUT2D eigenvalue weighted by molar-refractivity contribution is 0.665. The van der Waals surface area contributed by atoms with E-state index < -0.39 is 0 Å². The summed E-state index contributed by atoms with van der Waals surface area (Å²) in [5.74, 6) is 0. The number of para-hydroxylation sites is 3. The molecule has 0 N–H and O–H groups in total. The lowest BCUT2D eigenvalue weighted by atomic mass is 9.93. The van der Waals surface area contributed by atoms with E-state index in [0.29, 0.717) is 0 Å². The van der Waals surface area contributed by atoms with Crippen molar-refractivity contribution in [2.75, 3.05) is 4.90 Å². The second kappa shape index (κ2) is 12.6. The van der Waals surface area contributed by atoms with Crippen LogP contribution in [0.25, 0.3) is 88.0 Å². The summed E-state index contributed by atoms with van der Waals surface area (Å²) in [5.41, 5.74) is 13.3. The summed E-state index contributed by atoms with van der Waals surface area (Å²) < 4.78 is 13.7. The Morgan fingerprint density at radius 3 is 1.76 bits per heavy atom. The number of anilines is 3. The standard InChI is InChI=1S/C52H33NO2/c1-3-15-34(16-4-1)35-29-31-38(32-30-35)53(45-25-11-9-20-39(45)36-17-5-2-6-18-36)46-26-14-28-48-50(46)44-33-37-19-7-8-21-40(37)49(52(44)55-48)43-24-13-23-42-41-22-10-12-27-47(41)54-51(42)43/h1-33H. The zero-order valence-electron chi connectivity index (χ0n) is 29.8. The maximum atomic E-state index is 7.06. The van der Waals surface area contributed by atoms with Crippen molar-refractivity contribution in [2.45, 2.75) is 0 Å². The fourth-order valence-corrected chi connectivity index (χ4v) is 8.38. The smallest absolute Gasteiger partial charge is 0.144 e. The molecule has 9 aromatic carbocycles. The molecule has 0 aliphatic heterocycles. The van der Waals surface area contributed by atoms with Gasteiger partial charge in [0.1, 0.15) is 22.3 Å². The van der Waals surface area contributed by atoms with E-state index in [-0.39, 0.29) is 0 Å². The highest BCUT2D eigenvalue weighted by Crippen LogP contribution is 2.50. The number of furan rings is 2. The van der Waals surface area contributed by atoms with Crippen molar-refractivity contribution >= 4 is 71.7 Å². The second-order valence-corrected chi connectivity index (χ2v) is 14.0. The molecule has 11 aromatic rings. The lowest BCUT2D eigenvalue weighted by Gasteiger charge is -2.28. The number of nitrogens with zero attached hydrogens (tertiary/aromatic N) is 1. The Kier molecular flexibility index (Phi) is 7.17. The van der Waals surface area contributed by atoms with Crippen LogP contribution in [0, 0.1) is 0 Å². The van der Waals surface area contributed by atoms with Crippen LogP contribution < -0.4 is 4.90 Å². The fourth-order valence-electron chi connectivity index (χ4n) is 8.38. The fraction of sp³-hybridized carbons (Fsp3) is 0. The maximum absolute atomic E-state index is 7.06. The summed E-state index contributed by atoms with van der Waals surface area (Å²) in [5, 5.41) is 6.56.